The number of carbonyl (C=O) groups is 2. The Balaban J connectivity index is 1.80. The van der Waals surface area contributed by atoms with Crippen LogP contribution in [0.4, 0.5) is 10.6 Å². The first kappa shape index (κ1) is 26.9. The molecule has 186 valence electrons. The molecule has 0 fully saturated rings. The van der Waals surface area contributed by atoms with Crippen molar-refractivity contribution >= 4 is 17.9 Å². The van der Waals surface area contributed by atoms with Gasteiger partial charge in [0.05, 0.1) is 6.61 Å². The number of nitrogens with one attached hydrogen (secondary N) is 2. The van der Waals surface area contributed by atoms with Crippen LogP contribution in [0.2, 0.25) is 0 Å². The van der Waals surface area contributed by atoms with Crippen LogP contribution in [0.25, 0.3) is 0 Å². The van der Waals surface area contributed by atoms with E-state index in [0.717, 1.165) is 56.7 Å². The molecule has 1 aliphatic rings. The highest BCUT2D eigenvalue weighted by molar-refractivity contribution is 5.80. The lowest BCUT2D eigenvalue weighted by Crippen LogP contribution is -2.45. The predicted molar refractivity (Wildman–Crippen MR) is 128 cm³/mol. The van der Waals surface area contributed by atoms with Crippen molar-refractivity contribution in [2.75, 3.05) is 45.2 Å². The summed E-state index contributed by atoms with van der Waals surface area (Å²) in [6.07, 6.45) is 4.68. The van der Waals surface area contributed by atoms with Crippen LogP contribution < -0.4 is 10.6 Å². The lowest BCUT2D eigenvalue weighted by atomic mass is 10.1. The number of aliphatic carboxylic acids is 1. The van der Waals surface area contributed by atoms with Gasteiger partial charge in [-0.2, -0.15) is 0 Å². The Bertz CT molecular complexity index is 766. The van der Waals surface area contributed by atoms with Crippen LogP contribution in [0.3, 0.4) is 0 Å². The number of alkyl carbamates (subject to hydrolysis) is 1. The summed E-state index contributed by atoms with van der Waals surface area (Å²) >= 11 is 0. The van der Waals surface area contributed by atoms with Crippen LogP contribution >= 0.6 is 0 Å². The van der Waals surface area contributed by atoms with E-state index in [9.17, 15) is 14.7 Å². The molecule has 0 saturated heterocycles. The third-order valence-electron chi connectivity index (χ3n) is 5.44. The highest BCUT2D eigenvalue weighted by Gasteiger charge is 2.24. The molecule has 1 aromatic heterocycles. The van der Waals surface area contributed by atoms with Gasteiger partial charge in [0.15, 0.2) is 0 Å². The Kier molecular flexibility index (Phi) is 10.9. The smallest absolute Gasteiger partial charge is 0.408 e. The van der Waals surface area contributed by atoms with E-state index in [4.69, 9.17) is 14.5 Å². The van der Waals surface area contributed by atoms with Crippen molar-refractivity contribution in [2.24, 2.45) is 0 Å². The van der Waals surface area contributed by atoms with Crippen molar-refractivity contribution in [3.8, 4) is 0 Å². The van der Waals surface area contributed by atoms with Crippen LogP contribution in [-0.4, -0.2) is 78.6 Å². The van der Waals surface area contributed by atoms with E-state index in [1.54, 1.807) is 27.9 Å². The fraction of sp³-hybridized carbons (Fsp3) is 0.708. The number of nitrogens with zero attached hydrogens (tertiary/aromatic N) is 2. The van der Waals surface area contributed by atoms with Gasteiger partial charge in [0, 0.05) is 32.4 Å². The third kappa shape index (κ3) is 10.4. The lowest BCUT2D eigenvalue weighted by Gasteiger charge is -2.25. The number of carboxylic acid groups (broad SMARTS) is 1. The van der Waals surface area contributed by atoms with Crippen molar-refractivity contribution in [1.29, 1.82) is 0 Å². The average Bonchev–Trinajstić information content (AvgIpc) is 2.75. The molecule has 9 nitrogen and oxygen atoms in total. The standard InChI is InChI=1S/C24H40N4O5/c1-24(2,3)33-23(31)27-20(22(29)30)12-15-28(16-17-32-4)14-6-5-9-19-11-10-18-8-7-13-25-21(18)26-19/h10-11,20H,5-9,12-17H2,1-4H3,(H,25,26)(H,27,31)(H,29,30). The maximum absolute atomic E-state index is 12.0. The number of fused-ring (bicyclic) bond motifs is 1. The highest BCUT2D eigenvalue weighted by Crippen LogP contribution is 2.20. The Morgan fingerprint density at radius 2 is 2.03 bits per heavy atom. The molecule has 33 heavy (non-hydrogen) atoms. The zero-order valence-corrected chi connectivity index (χ0v) is 20.5. The molecule has 1 aromatic rings. The Hall–Kier alpha value is -2.39. The molecule has 0 spiro atoms. The third-order valence-corrected chi connectivity index (χ3v) is 5.44. The number of anilines is 1. The molecular weight excluding hydrogens is 424 g/mol. The number of ether oxygens (including phenoxy) is 2. The molecule has 0 saturated carbocycles. The van der Waals surface area contributed by atoms with E-state index in [0.29, 0.717) is 19.7 Å². The number of carboxylic acids is 1. The quantitative estimate of drug-likeness (QED) is 0.382. The zero-order chi connectivity index (χ0) is 24.3. The van der Waals surface area contributed by atoms with E-state index in [-0.39, 0.29) is 6.42 Å². The maximum Gasteiger partial charge on any atom is 0.408 e. The molecule has 0 aromatic carbocycles. The number of methoxy groups -OCH3 is 1. The minimum Gasteiger partial charge on any atom is -0.480 e. The summed E-state index contributed by atoms with van der Waals surface area (Å²) in [6.45, 7) is 8.84. The summed E-state index contributed by atoms with van der Waals surface area (Å²) in [6, 6.07) is 3.30. The largest absolute Gasteiger partial charge is 0.480 e. The number of carbonyl (C=O) groups excluding carboxylic acids is 1. The first-order valence-electron chi connectivity index (χ1n) is 11.8. The van der Waals surface area contributed by atoms with E-state index < -0.39 is 23.7 Å². The number of aryl methyl sites for hydroxylation is 2. The minimum absolute atomic E-state index is 0.288. The highest BCUT2D eigenvalue weighted by atomic mass is 16.6. The van der Waals surface area contributed by atoms with Crippen LogP contribution in [0.1, 0.15) is 57.7 Å². The number of aromatic nitrogens is 1. The van der Waals surface area contributed by atoms with E-state index in [1.807, 2.05) is 0 Å². The fourth-order valence-electron chi connectivity index (χ4n) is 3.72. The number of hydrogen-bond donors (Lipinski definition) is 3. The summed E-state index contributed by atoms with van der Waals surface area (Å²) in [5.74, 6) is -0.0442. The summed E-state index contributed by atoms with van der Waals surface area (Å²) in [5.41, 5.74) is 1.71. The SMILES string of the molecule is COCCN(CCCCc1ccc2c(n1)NCCC2)CCC(NC(=O)OC(C)(C)C)C(=O)O. The topological polar surface area (TPSA) is 113 Å². The fourth-order valence-corrected chi connectivity index (χ4v) is 3.72. The molecule has 2 rings (SSSR count). The molecule has 1 aliphatic heterocycles. The Labute approximate surface area is 197 Å². The maximum atomic E-state index is 12.0. The summed E-state index contributed by atoms with van der Waals surface area (Å²) < 4.78 is 10.4. The summed E-state index contributed by atoms with van der Waals surface area (Å²) in [7, 11) is 1.65. The number of hydrogen-bond acceptors (Lipinski definition) is 7. The van der Waals surface area contributed by atoms with Gasteiger partial charge in [0.25, 0.3) is 0 Å². The normalized spacial score (nSPS) is 14.3. The van der Waals surface area contributed by atoms with E-state index in [1.165, 1.54) is 5.56 Å². The number of amides is 1. The molecule has 1 amide bonds. The second-order valence-corrected chi connectivity index (χ2v) is 9.46. The predicted octanol–water partition coefficient (Wildman–Crippen LogP) is 3.08. The van der Waals surface area contributed by atoms with E-state index in [2.05, 4.69) is 27.7 Å². The van der Waals surface area contributed by atoms with Gasteiger partial charge in [-0.15, -0.1) is 0 Å². The molecule has 1 atom stereocenters. The Morgan fingerprint density at radius 1 is 1.24 bits per heavy atom. The number of pyridine rings is 1. The average molecular weight is 465 g/mol. The van der Waals surface area contributed by atoms with Gasteiger partial charge in [0.1, 0.15) is 17.5 Å². The molecule has 9 heteroatoms. The van der Waals surface area contributed by atoms with Crippen LogP contribution in [0.5, 0.6) is 0 Å². The van der Waals surface area contributed by atoms with Crippen LogP contribution in [0.15, 0.2) is 12.1 Å². The van der Waals surface area contributed by atoms with Crippen molar-refractivity contribution < 1.29 is 24.2 Å². The van der Waals surface area contributed by atoms with Gasteiger partial charge < -0.3 is 30.1 Å². The van der Waals surface area contributed by atoms with Gasteiger partial charge in [-0.3, -0.25) is 0 Å². The van der Waals surface area contributed by atoms with Gasteiger partial charge in [-0.25, -0.2) is 14.6 Å². The first-order valence-corrected chi connectivity index (χ1v) is 11.8. The second-order valence-electron chi connectivity index (χ2n) is 9.46. The monoisotopic (exact) mass is 464 g/mol. The molecule has 3 N–H and O–H groups in total. The minimum atomic E-state index is -1.07. The summed E-state index contributed by atoms with van der Waals surface area (Å²) in [5, 5.41) is 15.4. The second kappa shape index (κ2) is 13.3. The van der Waals surface area contributed by atoms with Crippen molar-refractivity contribution in [3.63, 3.8) is 0 Å². The zero-order valence-electron chi connectivity index (χ0n) is 20.5. The lowest BCUT2D eigenvalue weighted by molar-refractivity contribution is -0.139. The van der Waals surface area contributed by atoms with Gasteiger partial charge in [-0.05, 0) is 77.5 Å². The van der Waals surface area contributed by atoms with Crippen molar-refractivity contribution in [2.45, 2.75) is 70.9 Å². The Morgan fingerprint density at radius 3 is 2.73 bits per heavy atom. The number of rotatable bonds is 13. The molecule has 0 radical (unpaired) electrons. The molecule has 1 unspecified atom stereocenters. The van der Waals surface area contributed by atoms with Crippen molar-refractivity contribution in [3.05, 3.63) is 23.4 Å². The van der Waals surface area contributed by atoms with Gasteiger partial charge in [0.2, 0.25) is 0 Å². The summed E-state index contributed by atoms with van der Waals surface area (Å²) in [4.78, 5) is 30.5. The van der Waals surface area contributed by atoms with Gasteiger partial charge in [-0.1, -0.05) is 6.07 Å². The molecular formula is C24H40N4O5. The van der Waals surface area contributed by atoms with Crippen LogP contribution in [0, 0.1) is 0 Å². The molecule has 0 bridgehead atoms. The number of unbranched alkanes of at least 4 members (excludes halogenated alkanes) is 1. The van der Waals surface area contributed by atoms with Crippen molar-refractivity contribution in [1.82, 2.24) is 15.2 Å². The van der Waals surface area contributed by atoms with E-state index >= 15 is 0 Å². The molecule has 0 aliphatic carbocycles. The first-order chi connectivity index (χ1) is 15.7. The van der Waals surface area contributed by atoms with Crippen LogP contribution in [-0.2, 0) is 27.1 Å². The van der Waals surface area contributed by atoms with Gasteiger partial charge >= 0.3 is 12.1 Å². The molecule has 2 heterocycles.